The van der Waals surface area contributed by atoms with E-state index in [1.165, 1.54) is 12.1 Å². The molecule has 0 saturated carbocycles. The van der Waals surface area contributed by atoms with Gasteiger partial charge in [0.2, 0.25) is 0 Å². The maximum absolute atomic E-state index is 12.5. The van der Waals surface area contributed by atoms with E-state index in [4.69, 9.17) is 5.73 Å². The summed E-state index contributed by atoms with van der Waals surface area (Å²) < 4.78 is 9.88. The third-order valence-corrected chi connectivity index (χ3v) is 2.88. The van der Waals surface area contributed by atoms with Gasteiger partial charge in [-0.1, -0.05) is 12.1 Å². The van der Waals surface area contributed by atoms with Crippen LogP contribution < -0.4 is 5.73 Å². The second-order valence-electron chi connectivity index (χ2n) is 4.20. The summed E-state index contributed by atoms with van der Waals surface area (Å²) in [5, 5.41) is 3.80. The maximum atomic E-state index is 12.5. The lowest BCUT2D eigenvalue weighted by atomic mass is 10.1. The highest BCUT2D eigenvalue weighted by Crippen LogP contribution is 2.15. The van der Waals surface area contributed by atoms with E-state index in [0.717, 1.165) is 25.0 Å². The molecular formula is C14H13N3O5. The summed E-state index contributed by atoms with van der Waals surface area (Å²) in [4.78, 5) is 35.8. The van der Waals surface area contributed by atoms with Crippen molar-refractivity contribution in [3.8, 4) is 0 Å². The number of hydrogen-bond donors (Lipinski definition) is 1. The highest BCUT2D eigenvalue weighted by atomic mass is 16.5. The molecule has 0 saturated heterocycles. The van der Waals surface area contributed by atoms with E-state index in [0.29, 0.717) is 0 Å². The number of nitrogen functional groups attached to an aromatic ring is 1. The molecule has 2 N–H and O–H groups in total. The zero-order chi connectivity index (χ0) is 16.3. The molecule has 0 amide bonds. The zero-order valence-electron chi connectivity index (χ0n) is 11.9. The average Bonchev–Trinajstić information content (AvgIpc) is 2.98. The number of anilines is 1. The fraction of sp³-hybridized carbons (Fsp3) is 0.143. The maximum Gasteiger partial charge on any atom is 0.358 e. The quantitative estimate of drug-likeness (QED) is 0.656. The van der Waals surface area contributed by atoms with Gasteiger partial charge in [0.25, 0.3) is 5.91 Å². The number of nitrogens with zero attached hydrogens (tertiary/aromatic N) is 2. The normalized spacial score (nSPS) is 10.1. The van der Waals surface area contributed by atoms with Crippen LogP contribution in [0.5, 0.6) is 0 Å². The Hall–Kier alpha value is -3.16. The highest BCUT2D eigenvalue weighted by Gasteiger charge is 2.25. The van der Waals surface area contributed by atoms with Crippen molar-refractivity contribution in [1.82, 2.24) is 9.78 Å². The van der Waals surface area contributed by atoms with Gasteiger partial charge in [0.15, 0.2) is 11.4 Å². The molecule has 0 fully saturated rings. The first-order valence-electron chi connectivity index (χ1n) is 6.15. The number of carbonyl (C=O) groups is 3. The number of rotatable bonds is 3. The SMILES string of the molecule is COC(=O)c1cc(C(=O)OC)n(C(=O)c2ccccc2N)n1. The first kappa shape index (κ1) is 15.2. The van der Waals surface area contributed by atoms with Crippen molar-refractivity contribution < 1.29 is 23.9 Å². The molecule has 8 heteroatoms. The van der Waals surface area contributed by atoms with Gasteiger partial charge in [-0.05, 0) is 12.1 Å². The fourth-order valence-electron chi connectivity index (χ4n) is 1.80. The largest absolute Gasteiger partial charge is 0.464 e. The summed E-state index contributed by atoms with van der Waals surface area (Å²) in [6, 6.07) is 7.42. The van der Waals surface area contributed by atoms with Crippen molar-refractivity contribution >= 4 is 23.5 Å². The van der Waals surface area contributed by atoms with Crippen LogP contribution >= 0.6 is 0 Å². The van der Waals surface area contributed by atoms with E-state index >= 15 is 0 Å². The predicted octanol–water partition coefficient (Wildman–Crippen LogP) is 0.727. The first-order chi connectivity index (χ1) is 10.5. The minimum absolute atomic E-state index is 0.146. The summed E-state index contributed by atoms with van der Waals surface area (Å²) in [6.07, 6.45) is 0. The van der Waals surface area contributed by atoms with Crippen molar-refractivity contribution in [3.05, 3.63) is 47.3 Å². The molecule has 22 heavy (non-hydrogen) atoms. The third-order valence-electron chi connectivity index (χ3n) is 2.88. The molecule has 0 aliphatic carbocycles. The van der Waals surface area contributed by atoms with E-state index in [9.17, 15) is 14.4 Å². The molecule has 0 bridgehead atoms. The summed E-state index contributed by atoms with van der Waals surface area (Å²) in [5.41, 5.74) is 5.72. The average molecular weight is 303 g/mol. The number of methoxy groups -OCH3 is 2. The molecule has 0 aliphatic heterocycles. The van der Waals surface area contributed by atoms with Gasteiger partial charge in [-0.15, -0.1) is 0 Å². The van der Waals surface area contributed by atoms with Crippen LogP contribution in [-0.4, -0.2) is 41.8 Å². The molecule has 2 rings (SSSR count). The highest BCUT2D eigenvalue weighted by molar-refractivity contribution is 6.04. The van der Waals surface area contributed by atoms with Crippen LogP contribution in [0.2, 0.25) is 0 Å². The Morgan fingerprint density at radius 3 is 2.32 bits per heavy atom. The summed E-state index contributed by atoms with van der Waals surface area (Å²) in [7, 11) is 2.31. The number of aromatic nitrogens is 2. The number of carbonyl (C=O) groups excluding carboxylic acids is 3. The van der Waals surface area contributed by atoms with Gasteiger partial charge in [-0.3, -0.25) is 4.79 Å². The molecule has 2 aromatic rings. The van der Waals surface area contributed by atoms with Crippen LogP contribution in [0.4, 0.5) is 5.69 Å². The van der Waals surface area contributed by atoms with Gasteiger partial charge in [0.05, 0.1) is 19.8 Å². The first-order valence-corrected chi connectivity index (χ1v) is 6.15. The molecule has 0 aliphatic rings. The molecule has 1 aromatic heterocycles. The molecule has 114 valence electrons. The summed E-state index contributed by atoms with van der Waals surface area (Å²) in [5.74, 6) is -2.25. The van der Waals surface area contributed by atoms with E-state index in [2.05, 4.69) is 14.6 Å². The Kier molecular flexibility index (Phi) is 4.21. The van der Waals surface area contributed by atoms with Gasteiger partial charge >= 0.3 is 11.9 Å². The Balaban J connectivity index is 2.56. The van der Waals surface area contributed by atoms with Gasteiger partial charge in [-0.25, -0.2) is 9.59 Å². The van der Waals surface area contributed by atoms with Crippen LogP contribution in [0.1, 0.15) is 31.3 Å². The molecule has 0 unspecified atom stereocenters. The zero-order valence-corrected chi connectivity index (χ0v) is 11.9. The monoisotopic (exact) mass is 303 g/mol. The Labute approximate surface area is 125 Å². The number of para-hydroxylation sites is 1. The second kappa shape index (κ2) is 6.08. The number of hydrogen-bond acceptors (Lipinski definition) is 7. The number of ether oxygens (including phenoxy) is 2. The standard InChI is InChI=1S/C14H13N3O5/c1-21-13(19)10-7-11(14(20)22-2)17(16-10)12(18)8-5-3-4-6-9(8)15/h3-7H,15H2,1-2H3. The fourth-order valence-corrected chi connectivity index (χ4v) is 1.80. The Morgan fingerprint density at radius 2 is 1.73 bits per heavy atom. The van der Waals surface area contributed by atoms with Crippen molar-refractivity contribution in [3.63, 3.8) is 0 Å². The van der Waals surface area contributed by atoms with E-state index in [-0.39, 0.29) is 22.6 Å². The van der Waals surface area contributed by atoms with Crippen LogP contribution in [0.15, 0.2) is 30.3 Å². The summed E-state index contributed by atoms with van der Waals surface area (Å²) in [6.45, 7) is 0. The smallest absolute Gasteiger partial charge is 0.358 e. The lowest BCUT2D eigenvalue weighted by molar-refractivity contribution is 0.0576. The van der Waals surface area contributed by atoms with E-state index < -0.39 is 17.8 Å². The predicted molar refractivity (Wildman–Crippen MR) is 75.5 cm³/mol. The molecule has 0 radical (unpaired) electrons. The minimum atomic E-state index is -0.814. The van der Waals surface area contributed by atoms with Gasteiger partial charge in [-0.2, -0.15) is 9.78 Å². The van der Waals surface area contributed by atoms with E-state index in [1.807, 2.05) is 0 Å². The van der Waals surface area contributed by atoms with Gasteiger partial charge < -0.3 is 15.2 Å². The molecule has 1 heterocycles. The number of benzene rings is 1. The van der Waals surface area contributed by atoms with Crippen molar-refractivity contribution in [2.75, 3.05) is 20.0 Å². The molecular weight excluding hydrogens is 290 g/mol. The molecule has 0 spiro atoms. The topological polar surface area (TPSA) is 114 Å². The lowest BCUT2D eigenvalue weighted by Gasteiger charge is -2.06. The minimum Gasteiger partial charge on any atom is -0.464 e. The molecule has 1 aromatic carbocycles. The second-order valence-corrected chi connectivity index (χ2v) is 4.20. The van der Waals surface area contributed by atoms with Gasteiger partial charge in [0, 0.05) is 11.8 Å². The Morgan fingerprint density at radius 1 is 1.09 bits per heavy atom. The summed E-state index contributed by atoms with van der Waals surface area (Å²) >= 11 is 0. The van der Waals surface area contributed by atoms with E-state index in [1.54, 1.807) is 12.1 Å². The number of nitrogens with two attached hydrogens (primary N) is 1. The van der Waals surface area contributed by atoms with Gasteiger partial charge in [0.1, 0.15) is 0 Å². The van der Waals surface area contributed by atoms with Crippen LogP contribution in [-0.2, 0) is 9.47 Å². The van der Waals surface area contributed by atoms with Crippen LogP contribution in [0.25, 0.3) is 0 Å². The van der Waals surface area contributed by atoms with Crippen molar-refractivity contribution in [2.24, 2.45) is 0 Å². The Bertz CT molecular complexity index is 751. The third kappa shape index (κ3) is 2.66. The van der Waals surface area contributed by atoms with Crippen molar-refractivity contribution in [1.29, 1.82) is 0 Å². The lowest BCUT2D eigenvalue weighted by Crippen LogP contribution is -2.21. The van der Waals surface area contributed by atoms with Crippen LogP contribution in [0, 0.1) is 0 Å². The van der Waals surface area contributed by atoms with Crippen molar-refractivity contribution in [2.45, 2.75) is 0 Å². The molecule has 8 nitrogen and oxygen atoms in total. The van der Waals surface area contributed by atoms with Crippen LogP contribution in [0.3, 0.4) is 0 Å². The molecule has 0 atom stereocenters. The number of esters is 2.